The van der Waals surface area contributed by atoms with Gasteiger partial charge in [0.1, 0.15) is 17.1 Å². The molecule has 0 spiro atoms. The average Bonchev–Trinajstić information content (AvgIpc) is 3.22. The average molecular weight is 434 g/mol. The van der Waals surface area contributed by atoms with E-state index in [9.17, 15) is 14.4 Å². The molecule has 32 heavy (non-hydrogen) atoms. The molecule has 10 heteroatoms. The van der Waals surface area contributed by atoms with E-state index < -0.39 is 11.8 Å². The molecular weight excluding hydrogens is 412 g/mol. The minimum Gasteiger partial charge on any atom is -0.481 e. The van der Waals surface area contributed by atoms with Gasteiger partial charge in [0.05, 0.1) is 18.2 Å². The summed E-state index contributed by atoms with van der Waals surface area (Å²) in [5, 5.41) is 10.3. The van der Waals surface area contributed by atoms with Crippen LogP contribution >= 0.6 is 0 Å². The second-order valence-electron chi connectivity index (χ2n) is 7.71. The third-order valence-electron chi connectivity index (χ3n) is 5.63. The lowest BCUT2D eigenvalue weighted by molar-refractivity contribution is -0.134. The molecule has 1 aliphatic rings. The highest BCUT2D eigenvalue weighted by Crippen LogP contribution is 2.34. The van der Waals surface area contributed by atoms with Gasteiger partial charge in [0, 0.05) is 24.5 Å². The summed E-state index contributed by atoms with van der Waals surface area (Å²) < 4.78 is 7.38. The van der Waals surface area contributed by atoms with Crippen molar-refractivity contribution in [3.63, 3.8) is 0 Å². The topological polar surface area (TPSA) is 122 Å². The molecule has 0 saturated carbocycles. The first-order chi connectivity index (χ1) is 15.3. The molecule has 3 heterocycles. The quantitative estimate of drug-likeness (QED) is 0.421. The number of imide groups is 1. The molecule has 2 aromatic heterocycles. The van der Waals surface area contributed by atoms with Crippen LogP contribution in [-0.2, 0) is 21.4 Å². The number of carbonyl (C=O) groups excluding carboxylic acids is 3. The molecule has 0 radical (unpaired) electrons. The van der Waals surface area contributed by atoms with E-state index >= 15 is 0 Å². The molecule has 10 nitrogen and oxygen atoms in total. The van der Waals surface area contributed by atoms with Crippen molar-refractivity contribution in [1.29, 1.82) is 0 Å². The van der Waals surface area contributed by atoms with Gasteiger partial charge in [0.2, 0.25) is 17.5 Å². The molecule has 0 bridgehead atoms. The molecule has 164 valence electrons. The van der Waals surface area contributed by atoms with Crippen LogP contribution in [0.1, 0.15) is 35.7 Å². The summed E-state index contributed by atoms with van der Waals surface area (Å²) in [5.41, 5.74) is 3.19. The van der Waals surface area contributed by atoms with E-state index in [1.54, 1.807) is 23.9 Å². The maximum absolute atomic E-state index is 12.5. The van der Waals surface area contributed by atoms with Crippen LogP contribution in [0.2, 0.25) is 0 Å². The number of amides is 3. The fourth-order valence-electron chi connectivity index (χ4n) is 3.91. The third kappa shape index (κ3) is 3.69. The third-order valence-corrected chi connectivity index (χ3v) is 5.63. The zero-order chi connectivity index (χ0) is 23.0. The molecule has 1 atom stereocenters. The zero-order valence-electron chi connectivity index (χ0n) is 17.9. The lowest BCUT2D eigenvalue weighted by Crippen LogP contribution is -2.39. The first-order valence-electron chi connectivity index (χ1n) is 10.1. The molecule has 3 N–H and O–H groups in total. The molecule has 0 aliphatic carbocycles. The Balaban J connectivity index is 1.54. The van der Waals surface area contributed by atoms with Crippen molar-refractivity contribution < 1.29 is 19.1 Å². The highest BCUT2D eigenvalue weighted by Gasteiger charge is 2.32. The number of aryl methyl sites for hydroxylation is 2. The van der Waals surface area contributed by atoms with Crippen LogP contribution < -0.4 is 15.4 Å². The second-order valence-corrected chi connectivity index (χ2v) is 7.71. The van der Waals surface area contributed by atoms with Gasteiger partial charge in [-0.15, -0.1) is 0 Å². The van der Waals surface area contributed by atoms with Gasteiger partial charge in [-0.3, -0.25) is 24.4 Å². The smallest absolute Gasteiger partial charge is 0.262 e. The normalized spacial score (nSPS) is 16.0. The fourth-order valence-corrected chi connectivity index (χ4v) is 3.91. The van der Waals surface area contributed by atoms with Gasteiger partial charge < -0.3 is 15.0 Å². The summed E-state index contributed by atoms with van der Waals surface area (Å²) in [6.45, 7) is 10.7. The van der Waals surface area contributed by atoms with Crippen molar-refractivity contribution in [3.05, 3.63) is 46.6 Å². The van der Waals surface area contributed by atoms with Gasteiger partial charge in [-0.25, -0.2) is 4.85 Å². The van der Waals surface area contributed by atoms with E-state index in [-0.39, 0.29) is 24.8 Å². The van der Waals surface area contributed by atoms with Gasteiger partial charge >= 0.3 is 0 Å². The number of hydrogen-bond donors (Lipinski definition) is 3. The van der Waals surface area contributed by atoms with Crippen molar-refractivity contribution in [2.24, 2.45) is 7.05 Å². The number of para-hydroxylation sites is 1. The Bertz CT molecular complexity index is 1300. The summed E-state index contributed by atoms with van der Waals surface area (Å²) in [4.78, 5) is 42.7. The molecule has 1 saturated heterocycles. The van der Waals surface area contributed by atoms with Crippen molar-refractivity contribution in [1.82, 2.24) is 20.1 Å². The van der Waals surface area contributed by atoms with Crippen molar-refractivity contribution >= 4 is 40.1 Å². The molecule has 3 aromatic rings. The summed E-state index contributed by atoms with van der Waals surface area (Å²) in [5.74, 6) is -0.797. The minimum absolute atomic E-state index is 0.259. The van der Waals surface area contributed by atoms with Crippen LogP contribution in [0.15, 0.2) is 18.2 Å². The van der Waals surface area contributed by atoms with E-state index in [2.05, 4.69) is 25.6 Å². The number of anilines is 1. The molecule has 1 aromatic carbocycles. The SMILES string of the molecule is [C-]#[N+]c1c(NC(=O)COc2cccc3c(C4CCC(=O)NC4=O)nn(C)c23)[nH]c(C)c1C. The predicted molar refractivity (Wildman–Crippen MR) is 116 cm³/mol. The van der Waals surface area contributed by atoms with Crippen LogP contribution in [0, 0.1) is 20.4 Å². The Morgan fingerprint density at radius 1 is 1.38 bits per heavy atom. The Morgan fingerprint density at radius 2 is 2.16 bits per heavy atom. The van der Waals surface area contributed by atoms with E-state index in [1.165, 1.54) is 0 Å². The standard InChI is InChI=1S/C22H22N6O4/c1-11-12(2)24-21(18(11)23-3)25-17(30)10-32-15-7-5-6-13-19(27-28(4)20(13)15)14-8-9-16(29)26-22(14)31/h5-7,14,24H,8-10H2,1-2,4H3,(H,25,30)(H,26,29,31). The van der Waals surface area contributed by atoms with Crippen molar-refractivity contribution in [3.8, 4) is 5.75 Å². The number of piperidine rings is 1. The first kappa shape index (κ1) is 21.1. The Morgan fingerprint density at radius 3 is 2.88 bits per heavy atom. The predicted octanol–water partition coefficient (Wildman–Crippen LogP) is 2.61. The zero-order valence-corrected chi connectivity index (χ0v) is 17.9. The molecule has 4 rings (SSSR count). The lowest BCUT2D eigenvalue weighted by Gasteiger charge is -2.19. The number of nitrogens with zero attached hydrogens (tertiary/aromatic N) is 3. The number of benzene rings is 1. The monoisotopic (exact) mass is 434 g/mol. The van der Waals surface area contributed by atoms with Crippen molar-refractivity contribution in [2.45, 2.75) is 32.6 Å². The van der Waals surface area contributed by atoms with Gasteiger partial charge in [0.15, 0.2) is 6.61 Å². The number of carbonyl (C=O) groups is 3. The van der Waals surface area contributed by atoms with Crippen LogP contribution in [0.25, 0.3) is 15.7 Å². The van der Waals surface area contributed by atoms with Crippen molar-refractivity contribution in [2.75, 3.05) is 11.9 Å². The van der Waals surface area contributed by atoms with Gasteiger partial charge in [0.25, 0.3) is 5.91 Å². The summed E-state index contributed by atoms with van der Waals surface area (Å²) in [6, 6.07) is 5.32. The fraction of sp³-hybridized carbons (Fsp3) is 0.318. The first-order valence-corrected chi connectivity index (χ1v) is 10.1. The number of rotatable bonds is 5. The van der Waals surface area contributed by atoms with Gasteiger partial charge in [-0.2, -0.15) is 5.10 Å². The molecule has 3 amide bonds. The number of aromatic amines is 1. The second kappa shape index (κ2) is 8.19. The molecule has 1 fully saturated rings. The lowest BCUT2D eigenvalue weighted by atomic mass is 9.93. The molecule has 1 unspecified atom stereocenters. The molecular formula is C22H22N6O4. The van der Waals surface area contributed by atoms with Crippen LogP contribution in [0.3, 0.4) is 0 Å². The van der Waals surface area contributed by atoms with Crippen LogP contribution in [0.5, 0.6) is 5.75 Å². The molecule has 1 aliphatic heterocycles. The van der Waals surface area contributed by atoms with E-state index in [4.69, 9.17) is 11.3 Å². The van der Waals surface area contributed by atoms with Gasteiger partial charge in [-0.1, -0.05) is 12.1 Å². The number of H-pyrrole nitrogens is 1. The Hall–Kier alpha value is -4.13. The summed E-state index contributed by atoms with van der Waals surface area (Å²) >= 11 is 0. The number of hydrogen-bond acceptors (Lipinski definition) is 5. The van der Waals surface area contributed by atoms with Crippen LogP contribution in [0.4, 0.5) is 11.5 Å². The summed E-state index contributed by atoms with van der Waals surface area (Å²) in [6.07, 6.45) is 0.651. The minimum atomic E-state index is -0.527. The van der Waals surface area contributed by atoms with Crippen LogP contribution in [-0.4, -0.2) is 39.1 Å². The largest absolute Gasteiger partial charge is 0.481 e. The number of aromatic nitrogens is 3. The van der Waals surface area contributed by atoms with E-state index in [1.807, 2.05) is 19.9 Å². The number of nitrogens with one attached hydrogen (secondary N) is 3. The Labute approximate surface area is 183 Å². The van der Waals surface area contributed by atoms with E-state index in [0.717, 1.165) is 16.6 Å². The van der Waals surface area contributed by atoms with E-state index in [0.29, 0.717) is 34.9 Å². The number of fused-ring (bicyclic) bond motifs is 1. The Kier molecular flexibility index (Phi) is 5.40. The maximum Gasteiger partial charge on any atom is 0.262 e. The highest BCUT2D eigenvalue weighted by molar-refractivity contribution is 6.03. The van der Waals surface area contributed by atoms with Gasteiger partial charge in [-0.05, 0) is 31.9 Å². The maximum atomic E-state index is 12.5. The highest BCUT2D eigenvalue weighted by atomic mass is 16.5. The summed E-state index contributed by atoms with van der Waals surface area (Å²) in [7, 11) is 1.73. The number of ether oxygens (including phenoxy) is 1.